The van der Waals surface area contributed by atoms with E-state index in [1.54, 1.807) is 6.07 Å². The Morgan fingerprint density at radius 3 is 2.80 bits per heavy atom. The third kappa shape index (κ3) is 4.26. The molecule has 0 radical (unpaired) electrons. The highest BCUT2D eigenvalue weighted by Gasteiger charge is 2.47. The Labute approximate surface area is 182 Å². The summed E-state index contributed by atoms with van der Waals surface area (Å²) in [6.07, 6.45) is 1.74. The molecule has 3 atom stereocenters. The third-order valence-corrected chi connectivity index (χ3v) is 6.28. The van der Waals surface area contributed by atoms with Gasteiger partial charge >= 0.3 is 0 Å². The van der Waals surface area contributed by atoms with Crippen LogP contribution in [-0.4, -0.2) is 40.4 Å². The monoisotopic (exact) mass is 432 g/mol. The van der Waals surface area contributed by atoms with Crippen LogP contribution >= 0.6 is 11.6 Å². The first-order valence-electron chi connectivity index (χ1n) is 10.4. The van der Waals surface area contributed by atoms with E-state index in [4.69, 9.17) is 21.7 Å². The first-order valence-corrected chi connectivity index (χ1v) is 10.8. The molecule has 1 aromatic rings. The standard InChI is InChI=1S/C22H29ClN4O3/c1-21(2)10-18(28)27(20(24)26-21)11-12-7-15(12)19(29)25-16-9-22(3,4)30-17-8-13(23)5-6-14(16)17/h5-6,8,12,15-16H,7,9-11H2,1-4H3,(H2,24,26)(H,25,29)/t12?,15-,16?/m1/s1. The van der Waals surface area contributed by atoms with Crippen LogP contribution in [0.5, 0.6) is 5.75 Å². The van der Waals surface area contributed by atoms with Crippen LogP contribution in [0.1, 0.15) is 58.6 Å². The van der Waals surface area contributed by atoms with E-state index in [1.807, 2.05) is 39.8 Å². The summed E-state index contributed by atoms with van der Waals surface area (Å²) in [5.41, 5.74) is 0.118. The number of carbonyl (C=O) groups excluding carboxylic acids is 2. The number of hydrogen-bond acceptors (Lipinski definition) is 4. The van der Waals surface area contributed by atoms with Crippen LogP contribution in [-0.2, 0) is 9.59 Å². The van der Waals surface area contributed by atoms with Crippen molar-refractivity contribution in [1.82, 2.24) is 15.5 Å². The van der Waals surface area contributed by atoms with Gasteiger partial charge in [-0.3, -0.25) is 19.9 Å². The zero-order chi connectivity index (χ0) is 21.8. The normalized spacial score (nSPS) is 28.8. The summed E-state index contributed by atoms with van der Waals surface area (Å²) in [4.78, 5) is 26.8. The van der Waals surface area contributed by atoms with E-state index in [-0.39, 0.29) is 35.7 Å². The summed E-state index contributed by atoms with van der Waals surface area (Å²) in [7, 11) is 0. The smallest absolute Gasteiger partial charge is 0.231 e. The number of benzene rings is 1. The first-order chi connectivity index (χ1) is 13.9. The van der Waals surface area contributed by atoms with Crippen LogP contribution in [0.3, 0.4) is 0 Å². The second-order valence-electron chi connectivity index (χ2n) is 9.95. The van der Waals surface area contributed by atoms with Gasteiger partial charge < -0.3 is 15.4 Å². The lowest BCUT2D eigenvalue weighted by Crippen LogP contribution is -2.60. The molecule has 2 amide bonds. The van der Waals surface area contributed by atoms with Gasteiger partial charge in [-0.25, -0.2) is 0 Å². The van der Waals surface area contributed by atoms with Crippen LogP contribution in [0.15, 0.2) is 18.2 Å². The molecule has 1 saturated carbocycles. The Balaban J connectivity index is 1.39. The number of ether oxygens (including phenoxy) is 1. The van der Waals surface area contributed by atoms with Gasteiger partial charge in [-0.15, -0.1) is 0 Å². The average Bonchev–Trinajstić information content (AvgIpc) is 3.35. The molecule has 3 N–H and O–H groups in total. The summed E-state index contributed by atoms with van der Waals surface area (Å²) < 4.78 is 6.04. The van der Waals surface area contributed by atoms with E-state index >= 15 is 0 Å². The molecule has 2 fully saturated rings. The fraction of sp³-hybridized carbons (Fsp3) is 0.591. The molecule has 1 aromatic carbocycles. The zero-order valence-electron chi connectivity index (χ0n) is 17.8. The summed E-state index contributed by atoms with van der Waals surface area (Å²) in [5, 5.41) is 15.0. The van der Waals surface area contributed by atoms with Crippen molar-refractivity contribution in [2.75, 3.05) is 6.54 Å². The van der Waals surface area contributed by atoms with Crippen molar-refractivity contribution in [3.63, 3.8) is 0 Å². The Bertz CT molecular complexity index is 894. The third-order valence-electron chi connectivity index (χ3n) is 6.05. The molecular formula is C22H29ClN4O3. The zero-order valence-corrected chi connectivity index (χ0v) is 18.6. The average molecular weight is 433 g/mol. The topological polar surface area (TPSA) is 94.5 Å². The Hall–Kier alpha value is -2.28. The molecule has 7 nitrogen and oxygen atoms in total. The largest absolute Gasteiger partial charge is 0.487 e. The highest BCUT2D eigenvalue weighted by atomic mass is 35.5. The number of carbonyl (C=O) groups is 2. The maximum absolute atomic E-state index is 12.9. The van der Waals surface area contributed by atoms with Crippen LogP contribution in [0.4, 0.5) is 0 Å². The van der Waals surface area contributed by atoms with Crippen LogP contribution in [0.25, 0.3) is 0 Å². The molecule has 2 aliphatic heterocycles. The van der Waals surface area contributed by atoms with Gasteiger partial charge in [-0.05, 0) is 52.2 Å². The lowest BCUT2D eigenvalue weighted by Gasteiger charge is -2.38. The van der Waals surface area contributed by atoms with Crippen molar-refractivity contribution in [2.45, 2.75) is 64.1 Å². The number of guanidine groups is 1. The van der Waals surface area contributed by atoms with E-state index in [0.29, 0.717) is 30.2 Å². The molecule has 0 aromatic heterocycles. The van der Waals surface area contributed by atoms with E-state index in [1.165, 1.54) is 4.90 Å². The number of rotatable bonds is 4. The number of halogens is 1. The van der Waals surface area contributed by atoms with Crippen LogP contribution in [0.2, 0.25) is 5.02 Å². The van der Waals surface area contributed by atoms with Crippen LogP contribution < -0.4 is 15.4 Å². The molecule has 1 aliphatic carbocycles. The molecule has 162 valence electrons. The van der Waals surface area contributed by atoms with E-state index in [2.05, 4.69) is 10.6 Å². The molecule has 0 bridgehead atoms. The lowest BCUT2D eigenvalue weighted by molar-refractivity contribution is -0.131. The second-order valence-corrected chi connectivity index (χ2v) is 10.4. The molecule has 3 aliphatic rings. The van der Waals surface area contributed by atoms with Gasteiger partial charge in [0.1, 0.15) is 11.4 Å². The summed E-state index contributed by atoms with van der Waals surface area (Å²) in [6.45, 7) is 8.22. The highest BCUT2D eigenvalue weighted by Crippen LogP contribution is 2.43. The number of hydrogen-bond donors (Lipinski definition) is 3. The van der Waals surface area contributed by atoms with Crippen molar-refractivity contribution >= 4 is 29.4 Å². The highest BCUT2D eigenvalue weighted by molar-refractivity contribution is 6.30. The fourth-order valence-electron chi connectivity index (χ4n) is 4.46. The van der Waals surface area contributed by atoms with Crippen molar-refractivity contribution in [2.24, 2.45) is 11.8 Å². The minimum atomic E-state index is -0.410. The minimum absolute atomic E-state index is 0.00659. The van der Waals surface area contributed by atoms with E-state index < -0.39 is 11.1 Å². The number of nitrogens with zero attached hydrogens (tertiary/aromatic N) is 1. The van der Waals surface area contributed by atoms with Crippen molar-refractivity contribution in [3.8, 4) is 5.75 Å². The Morgan fingerprint density at radius 2 is 2.10 bits per heavy atom. The minimum Gasteiger partial charge on any atom is -0.487 e. The number of nitrogens with one attached hydrogen (secondary N) is 3. The SMILES string of the molecule is CC1(C)CC(=O)N(CC2C[C@H]2C(=O)NC2CC(C)(C)Oc3cc(Cl)ccc32)C(=N)N1. The van der Waals surface area contributed by atoms with Gasteiger partial charge in [-0.2, -0.15) is 0 Å². The molecule has 2 unspecified atom stereocenters. The predicted molar refractivity (Wildman–Crippen MR) is 115 cm³/mol. The van der Waals surface area contributed by atoms with E-state index in [9.17, 15) is 9.59 Å². The number of amides is 2. The molecule has 8 heteroatoms. The van der Waals surface area contributed by atoms with Gasteiger partial charge in [0.15, 0.2) is 5.96 Å². The molecular weight excluding hydrogens is 404 g/mol. The van der Waals surface area contributed by atoms with Crippen molar-refractivity contribution in [3.05, 3.63) is 28.8 Å². The van der Waals surface area contributed by atoms with E-state index in [0.717, 1.165) is 12.0 Å². The van der Waals surface area contributed by atoms with Crippen molar-refractivity contribution in [1.29, 1.82) is 5.41 Å². The summed E-state index contributed by atoms with van der Waals surface area (Å²) in [6, 6.07) is 5.36. The van der Waals surface area contributed by atoms with Crippen LogP contribution in [0, 0.1) is 17.2 Å². The molecule has 0 spiro atoms. The summed E-state index contributed by atoms with van der Waals surface area (Å²) in [5.74, 6) is 0.702. The lowest BCUT2D eigenvalue weighted by atomic mass is 9.89. The molecule has 30 heavy (non-hydrogen) atoms. The van der Waals surface area contributed by atoms with Crippen molar-refractivity contribution < 1.29 is 14.3 Å². The van der Waals surface area contributed by atoms with Gasteiger partial charge in [0.2, 0.25) is 11.8 Å². The quantitative estimate of drug-likeness (QED) is 0.680. The maximum Gasteiger partial charge on any atom is 0.231 e. The van der Waals surface area contributed by atoms with Gasteiger partial charge in [0.25, 0.3) is 0 Å². The molecule has 4 rings (SSSR count). The maximum atomic E-state index is 12.9. The Kier molecular flexibility index (Phi) is 5.00. The number of fused-ring (bicyclic) bond motifs is 1. The molecule has 2 heterocycles. The first kappa shape index (κ1) is 21.0. The molecule has 1 saturated heterocycles. The predicted octanol–water partition coefficient (Wildman–Crippen LogP) is 3.23. The fourth-order valence-corrected chi connectivity index (χ4v) is 4.62. The second kappa shape index (κ2) is 7.15. The summed E-state index contributed by atoms with van der Waals surface area (Å²) >= 11 is 6.11. The van der Waals surface area contributed by atoms with Gasteiger partial charge in [-0.1, -0.05) is 17.7 Å². The Morgan fingerprint density at radius 1 is 1.37 bits per heavy atom. The van der Waals surface area contributed by atoms with Gasteiger partial charge in [0, 0.05) is 41.4 Å². The van der Waals surface area contributed by atoms with Gasteiger partial charge in [0.05, 0.1) is 6.04 Å².